The lowest BCUT2D eigenvalue weighted by Crippen LogP contribution is -2.13. The van der Waals surface area contributed by atoms with Gasteiger partial charge in [-0.25, -0.2) is 0 Å². The molecule has 1 aromatic carbocycles. The fraction of sp³-hybridized carbons (Fsp3) is 0.312. The molecule has 1 aromatic heterocycles. The van der Waals surface area contributed by atoms with Gasteiger partial charge < -0.3 is 4.74 Å². The first-order valence-corrected chi connectivity index (χ1v) is 7.42. The first kappa shape index (κ1) is 12.8. The van der Waals surface area contributed by atoms with Crippen molar-refractivity contribution >= 4 is 15.9 Å². The van der Waals surface area contributed by atoms with Crippen molar-refractivity contribution in [3.63, 3.8) is 0 Å². The van der Waals surface area contributed by atoms with Crippen molar-refractivity contribution in [2.75, 3.05) is 0 Å². The molecule has 0 aliphatic heterocycles. The second-order valence-electron chi connectivity index (χ2n) is 4.86. The van der Waals surface area contributed by atoms with Crippen LogP contribution < -0.4 is 0 Å². The van der Waals surface area contributed by atoms with E-state index in [1.807, 2.05) is 18.3 Å². The van der Waals surface area contributed by atoms with E-state index in [1.165, 1.54) is 24.0 Å². The Labute approximate surface area is 122 Å². The first-order valence-electron chi connectivity index (χ1n) is 6.63. The van der Waals surface area contributed by atoms with Crippen molar-refractivity contribution in [2.24, 2.45) is 0 Å². The normalized spacial score (nSPS) is 18.1. The minimum atomic E-state index is 0.218. The molecule has 1 aliphatic rings. The van der Waals surface area contributed by atoms with Crippen LogP contribution in [0.3, 0.4) is 0 Å². The summed E-state index contributed by atoms with van der Waals surface area (Å²) in [5.41, 5.74) is 3.76. The fourth-order valence-corrected chi connectivity index (χ4v) is 2.79. The van der Waals surface area contributed by atoms with Gasteiger partial charge in [-0.15, -0.1) is 0 Å². The van der Waals surface area contributed by atoms with Crippen molar-refractivity contribution in [3.05, 3.63) is 63.9 Å². The highest BCUT2D eigenvalue weighted by Gasteiger charge is 2.20. The van der Waals surface area contributed by atoms with Crippen LogP contribution in [-0.2, 0) is 17.8 Å². The van der Waals surface area contributed by atoms with Crippen LogP contribution in [0.5, 0.6) is 0 Å². The number of aromatic nitrogens is 1. The largest absolute Gasteiger partial charge is 0.367 e. The molecule has 1 unspecified atom stereocenters. The first-order chi connectivity index (χ1) is 9.33. The van der Waals surface area contributed by atoms with Crippen molar-refractivity contribution in [2.45, 2.75) is 32.0 Å². The van der Waals surface area contributed by atoms with E-state index in [2.05, 4.69) is 45.2 Å². The summed E-state index contributed by atoms with van der Waals surface area (Å²) < 4.78 is 7.06. The zero-order valence-electron chi connectivity index (χ0n) is 10.7. The minimum Gasteiger partial charge on any atom is -0.367 e. The van der Waals surface area contributed by atoms with Crippen molar-refractivity contribution in [1.82, 2.24) is 4.98 Å². The minimum absolute atomic E-state index is 0.218. The molecule has 1 aliphatic carbocycles. The Kier molecular flexibility index (Phi) is 3.95. The van der Waals surface area contributed by atoms with Crippen molar-refractivity contribution in [3.8, 4) is 0 Å². The molecule has 1 heterocycles. The van der Waals surface area contributed by atoms with E-state index in [-0.39, 0.29) is 6.10 Å². The second-order valence-corrected chi connectivity index (χ2v) is 5.77. The lowest BCUT2D eigenvalue weighted by atomic mass is 9.89. The van der Waals surface area contributed by atoms with Gasteiger partial charge in [-0.05, 0) is 58.5 Å². The number of hydrogen-bond donors (Lipinski definition) is 0. The number of aryl methyl sites for hydroxylation is 1. The van der Waals surface area contributed by atoms with Crippen LogP contribution in [0.15, 0.2) is 47.1 Å². The van der Waals surface area contributed by atoms with Crippen LogP contribution >= 0.6 is 15.9 Å². The number of benzene rings is 1. The van der Waals surface area contributed by atoms with Crippen LogP contribution in [0.4, 0.5) is 0 Å². The maximum Gasteiger partial charge on any atom is 0.0896 e. The van der Waals surface area contributed by atoms with Crippen LogP contribution in [0, 0.1) is 0 Å². The zero-order chi connectivity index (χ0) is 13.1. The fourth-order valence-electron chi connectivity index (χ4n) is 2.56. The van der Waals surface area contributed by atoms with Gasteiger partial charge in [0, 0.05) is 10.7 Å². The number of pyridine rings is 1. The Morgan fingerprint density at radius 2 is 2.11 bits per heavy atom. The van der Waals surface area contributed by atoms with Crippen LogP contribution in [-0.4, -0.2) is 4.98 Å². The maximum absolute atomic E-state index is 6.06. The van der Waals surface area contributed by atoms with Crippen LogP contribution in [0.25, 0.3) is 0 Å². The molecule has 0 amide bonds. The second kappa shape index (κ2) is 5.85. The maximum atomic E-state index is 6.06. The third kappa shape index (κ3) is 3.04. The summed E-state index contributed by atoms with van der Waals surface area (Å²) >= 11 is 3.39. The third-order valence-electron chi connectivity index (χ3n) is 3.54. The average molecular weight is 318 g/mol. The Morgan fingerprint density at radius 1 is 1.21 bits per heavy atom. The van der Waals surface area contributed by atoms with Gasteiger partial charge in [-0.1, -0.05) is 24.3 Å². The van der Waals surface area contributed by atoms with Crippen molar-refractivity contribution in [1.29, 1.82) is 0 Å². The Balaban J connectivity index is 1.69. The number of fused-ring (bicyclic) bond motifs is 1. The SMILES string of the molecule is Brc1ccc(COC2CCCc3ccccc32)nc1. The molecule has 98 valence electrons. The van der Waals surface area contributed by atoms with Gasteiger partial charge in [0.2, 0.25) is 0 Å². The standard InChI is InChI=1S/C16H16BrNO/c17-13-8-9-14(18-10-13)11-19-16-7-3-5-12-4-1-2-6-15(12)16/h1-2,4,6,8-10,16H,3,5,7,11H2. The molecule has 1 atom stereocenters. The van der Waals surface area contributed by atoms with E-state index < -0.39 is 0 Å². The average Bonchev–Trinajstić information content (AvgIpc) is 2.47. The molecule has 0 saturated carbocycles. The van der Waals surface area contributed by atoms with Gasteiger partial charge >= 0.3 is 0 Å². The summed E-state index contributed by atoms with van der Waals surface area (Å²) in [5, 5.41) is 0. The number of ether oxygens (including phenoxy) is 1. The number of hydrogen-bond acceptors (Lipinski definition) is 2. The van der Waals surface area contributed by atoms with E-state index >= 15 is 0 Å². The molecule has 2 nitrogen and oxygen atoms in total. The highest BCUT2D eigenvalue weighted by atomic mass is 79.9. The van der Waals surface area contributed by atoms with Gasteiger partial charge in [0.1, 0.15) is 0 Å². The molecular weight excluding hydrogens is 302 g/mol. The molecule has 0 fully saturated rings. The van der Waals surface area contributed by atoms with E-state index in [0.717, 1.165) is 16.6 Å². The van der Waals surface area contributed by atoms with Crippen LogP contribution in [0.1, 0.15) is 35.8 Å². The van der Waals surface area contributed by atoms with Crippen LogP contribution in [0.2, 0.25) is 0 Å². The van der Waals surface area contributed by atoms with E-state index in [0.29, 0.717) is 6.61 Å². The number of halogens is 1. The summed E-state index contributed by atoms with van der Waals surface area (Å²) in [4.78, 5) is 4.35. The molecule has 0 saturated heterocycles. The Bertz CT molecular complexity index is 553. The summed E-state index contributed by atoms with van der Waals surface area (Å²) in [6.45, 7) is 0.576. The quantitative estimate of drug-likeness (QED) is 0.835. The Hall–Kier alpha value is -1.19. The molecule has 0 radical (unpaired) electrons. The van der Waals surface area contributed by atoms with E-state index in [9.17, 15) is 0 Å². The summed E-state index contributed by atoms with van der Waals surface area (Å²) in [6.07, 6.45) is 5.51. The predicted octanol–water partition coefficient (Wildman–Crippen LogP) is 4.44. The Morgan fingerprint density at radius 3 is 2.95 bits per heavy atom. The lowest BCUT2D eigenvalue weighted by Gasteiger charge is -2.25. The summed E-state index contributed by atoms with van der Waals surface area (Å²) in [7, 11) is 0. The smallest absolute Gasteiger partial charge is 0.0896 e. The molecule has 0 N–H and O–H groups in total. The lowest BCUT2D eigenvalue weighted by molar-refractivity contribution is 0.0265. The third-order valence-corrected chi connectivity index (χ3v) is 4.00. The highest BCUT2D eigenvalue weighted by molar-refractivity contribution is 9.10. The molecule has 2 aromatic rings. The topological polar surface area (TPSA) is 22.1 Å². The molecule has 3 rings (SSSR count). The predicted molar refractivity (Wildman–Crippen MR) is 78.8 cm³/mol. The van der Waals surface area contributed by atoms with E-state index in [1.54, 1.807) is 0 Å². The van der Waals surface area contributed by atoms with Gasteiger partial charge in [0.15, 0.2) is 0 Å². The van der Waals surface area contributed by atoms with E-state index in [4.69, 9.17) is 4.74 Å². The molecule has 19 heavy (non-hydrogen) atoms. The van der Waals surface area contributed by atoms with Gasteiger partial charge in [-0.2, -0.15) is 0 Å². The van der Waals surface area contributed by atoms with Gasteiger partial charge in [-0.3, -0.25) is 4.98 Å². The number of rotatable bonds is 3. The number of nitrogens with zero attached hydrogens (tertiary/aromatic N) is 1. The zero-order valence-corrected chi connectivity index (χ0v) is 12.3. The summed E-state index contributed by atoms with van der Waals surface area (Å²) in [5.74, 6) is 0. The highest BCUT2D eigenvalue weighted by Crippen LogP contribution is 2.32. The van der Waals surface area contributed by atoms with Gasteiger partial charge in [0.25, 0.3) is 0 Å². The monoisotopic (exact) mass is 317 g/mol. The summed E-state index contributed by atoms with van der Waals surface area (Å²) in [6, 6.07) is 12.6. The molecular formula is C16H16BrNO. The molecule has 0 bridgehead atoms. The van der Waals surface area contributed by atoms with Crippen molar-refractivity contribution < 1.29 is 4.74 Å². The molecule has 0 spiro atoms. The van der Waals surface area contributed by atoms with Gasteiger partial charge in [0.05, 0.1) is 18.4 Å². The molecule has 3 heteroatoms.